The lowest BCUT2D eigenvalue weighted by atomic mass is 10.00. The average Bonchev–Trinajstić information content (AvgIpc) is 3.28. The number of aromatic hydroxyl groups is 1. The van der Waals surface area contributed by atoms with Crippen molar-refractivity contribution in [3.63, 3.8) is 0 Å². The van der Waals surface area contributed by atoms with Crippen molar-refractivity contribution in [2.75, 3.05) is 6.54 Å². The summed E-state index contributed by atoms with van der Waals surface area (Å²) in [7, 11) is 0. The number of phenols is 1. The van der Waals surface area contributed by atoms with Crippen molar-refractivity contribution < 1.29 is 39.3 Å². The van der Waals surface area contributed by atoms with Gasteiger partial charge in [-0.15, -0.1) is 0 Å². The summed E-state index contributed by atoms with van der Waals surface area (Å²) in [4.78, 5) is 62.8. The van der Waals surface area contributed by atoms with Gasteiger partial charge >= 0.3 is 11.9 Å². The number of phenolic OH excluding ortho intramolecular Hbond substituents is 1. The average molecular weight is 507 g/mol. The maximum atomic E-state index is 13.3. The second-order valence-corrected chi connectivity index (χ2v) is 9.35. The van der Waals surface area contributed by atoms with Crippen LogP contribution in [-0.2, 0) is 30.4 Å². The fourth-order valence-electron chi connectivity index (χ4n) is 4.09. The number of hydrogen-bond acceptors (Lipinski definition) is 7. The summed E-state index contributed by atoms with van der Waals surface area (Å²) < 4.78 is 0. The van der Waals surface area contributed by atoms with Gasteiger partial charge in [-0.1, -0.05) is 26.0 Å². The van der Waals surface area contributed by atoms with E-state index in [1.807, 2.05) is 13.8 Å². The molecule has 4 atom stereocenters. The summed E-state index contributed by atoms with van der Waals surface area (Å²) >= 11 is 0. The molecule has 36 heavy (non-hydrogen) atoms. The summed E-state index contributed by atoms with van der Waals surface area (Å²) in [5, 5.41) is 33.0. The van der Waals surface area contributed by atoms with Crippen LogP contribution in [0.25, 0.3) is 0 Å². The SMILES string of the molecule is CC(C)CC(NC(=O)C(Cc1ccc(O)cc1)NC(=O)C(N)CC(=O)O)C(=O)N1CCCC1C(=O)O. The van der Waals surface area contributed by atoms with Crippen LogP contribution in [0.3, 0.4) is 0 Å². The third-order valence-electron chi connectivity index (χ3n) is 5.88. The largest absolute Gasteiger partial charge is 0.508 e. The summed E-state index contributed by atoms with van der Waals surface area (Å²) in [6, 6.07) is 1.33. The van der Waals surface area contributed by atoms with Crippen molar-refractivity contribution in [1.82, 2.24) is 15.5 Å². The number of carbonyl (C=O) groups is 5. The Morgan fingerprint density at radius 2 is 1.64 bits per heavy atom. The van der Waals surface area contributed by atoms with Crippen LogP contribution in [0.15, 0.2) is 24.3 Å². The first-order chi connectivity index (χ1) is 16.9. The molecule has 4 unspecified atom stereocenters. The van der Waals surface area contributed by atoms with E-state index in [4.69, 9.17) is 10.8 Å². The van der Waals surface area contributed by atoms with E-state index in [2.05, 4.69) is 10.6 Å². The molecule has 1 aromatic rings. The molecule has 12 heteroatoms. The molecule has 1 heterocycles. The normalized spacial score (nSPS) is 17.8. The van der Waals surface area contributed by atoms with Gasteiger partial charge in [0.1, 0.15) is 23.9 Å². The van der Waals surface area contributed by atoms with Gasteiger partial charge < -0.3 is 36.6 Å². The number of nitrogens with zero attached hydrogens (tertiary/aromatic N) is 1. The van der Waals surface area contributed by atoms with E-state index in [-0.39, 0.29) is 31.1 Å². The zero-order valence-corrected chi connectivity index (χ0v) is 20.3. The molecular formula is C24H34N4O8. The van der Waals surface area contributed by atoms with Crippen LogP contribution in [0.2, 0.25) is 0 Å². The smallest absolute Gasteiger partial charge is 0.326 e. The Balaban J connectivity index is 2.26. The maximum Gasteiger partial charge on any atom is 0.326 e. The van der Waals surface area contributed by atoms with E-state index in [1.165, 1.54) is 17.0 Å². The number of rotatable bonds is 12. The van der Waals surface area contributed by atoms with Gasteiger partial charge in [0.25, 0.3) is 0 Å². The van der Waals surface area contributed by atoms with Gasteiger partial charge in [-0.3, -0.25) is 19.2 Å². The molecule has 0 bridgehead atoms. The molecule has 1 aliphatic rings. The van der Waals surface area contributed by atoms with Crippen LogP contribution in [0.1, 0.15) is 45.1 Å². The molecule has 198 valence electrons. The molecule has 0 aromatic heterocycles. The predicted octanol–water partition coefficient (Wildman–Crippen LogP) is -0.172. The number of hydrogen-bond donors (Lipinski definition) is 6. The highest BCUT2D eigenvalue weighted by atomic mass is 16.4. The third kappa shape index (κ3) is 8.22. The Morgan fingerprint density at radius 3 is 2.19 bits per heavy atom. The Hall–Kier alpha value is -3.67. The van der Waals surface area contributed by atoms with Crippen LogP contribution in [-0.4, -0.2) is 80.6 Å². The number of nitrogens with one attached hydrogen (secondary N) is 2. The summed E-state index contributed by atoms with van der Waals surface area (Å²) in [6.07, 6.45) is 0.434. The van der Waals surface area contributed by atoms with Crippen LogP contribution < -0.4 is 16.4 Å². The minimum Gasteiger partial charge on any atom is -0.508 e. The van der Waals surface area contributed by atoms with E-state index >= 15 is 0 Å². The molecule has 0 spiro atoms. The number of aliphatic carboxylic acids is 2. The van der Waals surface area contributed by atoms with Gasteiger partial charge in [-0.25, -0.2) is 4.79 Å². The molecule has 7 N–H and O–H groups in total. The van der Waals surface area contributed by atoms with Crippen molar-refractivity contribution in [3.8, 4) is 5.75 Å². The molecule has 12 nitrogen and oxygen atoms in total. The first-order valence-corrected chi connectivity index (χ1v) is 11.8. The molecule has 0 radical (unpaired) electrons. The topological polar surface area (TPSA) is 199 Å². The van der Waals surface area contributed by atoms with Crippen LogP contribution >= 0.6 is 0 Å². The quantitative estimate of drug-likeness (QED) is 0.223. The number of carboxylic acids is 2. The highest BCUT2D eigenvalue weighted by Crippen LogP contribution is 2.20. The van der Waals surface area contributed by atoms with E-state index < -0.39 is 60.2 Å². The lowest BCUT2D eigenvalue weighted by molar-refractivity contribution is -0.149. The van der Waals surface area contributed by atoms with E-state index in [9.17, 15) is 34.2 Å². The van der Waals surface area contributed by atoms with Crippen LogP contribution in [0.5, 0.6) is 5.75 Å². The van der Waals surface area contributed by atoms with Crippen molar-refractivity contribution in [2.45, 2.75) is 70.1 Å². The van der Waals surface area contributed by atoms with Gasteiger partial charge in [0.2, 0.25) is 17.7 Å². The third-order valence-corrected chi connectivity index (χ3v) is 5.88. The summed E-state index contributed by atoms with van der Waals surface area (Å²) in [5.74, 6) is -4.47. The lowest BCUT2D eigenvalue weighted by Gasteiger charge is -2.29. The molecule has 2 rings (SSSR count). The molecule has 1 saturated heterocycles. The fraction of sp³-hybridized carbons (Fsp3) is 0.542. The Morgan fingerprint density at radius 1 is 1.03 bits per heavy atom. The fourth-order valence-corrected chi connectivity index (χ4v) is 4.09. The number of likely N-dealkylation sites (tertiary alicyclic amines) is 1. The van der Waals surface area contributed by atoms with Crippen molar-refractivity contribution >= 4 is 29.7 Å². The summed E-state index contributed by atoms with van der Waals surface area (Å²) in [6.45, 7) is 3.97. The molecule has 0 aliphatic carbocycles. The first-order valence-electron chi connectivity index (χ1n) is 11.8. The van der Waals surface area contributed by atoms with E-state index in [1.54, 1.807) is 12.1 Å². The molecule has 1 fully saturated rings. The number of carbonyl (C=O) groups excluding carboxylic acids is 3. The number of amides is 3. The van der Waals surface area contributed by atoms with Gasteiger partial charge in [-0.05, 0) is 42.9 Å². The zero-order chi connectivity index (χ0) is 27.0. The van der Waals surface area contributed by atoms with Gasteiger partial charge in [0, 0.05) is 13.0 Å². The first kappa shape index (κ1) is 28.6. The molecule has 1 aromatic carbocycles. The van der Waals surface area contributed by atoms with Crippen LogP contribution in [0.4, 0.5) is 0 Å². The number of nitrogens with two attached hydrogens (primary N) is 1. The maximum absolute atomic E-state index is 13.3. The van der Waals surface area contributed by atoms with Crippen molar-refractivity contribution in [1.29, 1.82) is 0 Å². The zero-order valence-electron chi connectivity index (χ0n) is 20.3. The highest BCUT2D eigenvalue weighted by Gasteiger charge is 2.38. The standard InChI is InChI=1S/C24H34N4O8/c1-13(2)10-18(23(34)28-9-3-4-19(28)24(35)36)27-22(33)17(11-14-5-7-15(29)8-6-14)26-21(32)16(25)12-20(30)31/h5-8,13,16-19,29H,3-4,9-12,25H2,1-2H3,(H,26,32)(H,27,33)(H,30,31)(H,35,36). The second-order valence-electron chi connectivity index (χ2n) is 9.35. The van der Waals surface area contributed by atoms with Crippen molar-refractivity contribution in [3.05, 3.63) is 29.8 Å². The molecule has 3 amide bonds. The monoisotopic (exact) mass is 506 g/mol. The minimum atomic E-state index is -1.40. The second kappa shape index (κ2) is 12.9. The Labute approximate surface area is 208 Å². The molecular weight excluding hydrogens is 472 g/mol. The van der Waals surface area contributed by atoms with Gasteiger partial charge in [0.05, 0.1) is 12.5 Å². The van der Waals surface area contributed by atoms with Crippen LogP contribution in [0, 0.1) is 5.92 Å². The van der Waals surface area contributed by atoms with Gasteiger partial charge in [-0.2, -0.15) is 0 Å². The lowest BCUT2D eigenvalue weighted by Crippen LogP contribution is -2.58. The minimum absolute atomic E-state index is 0.00783. The molecule has 0 saturated carbocycles. The van der Waals surface area contributed by atoms with Crippen molar-refractivity contribution in [2.24, 2.45) is 11.7 Å². The number of benzene rings is 1. The van der Waals surface area contributed by atoms with E-state index in [0.717, 1.165) is 0 Å². The highest BCUT2D eigenvalue weighted by molar-refractivity contribution is 5.95. The predicted molar refractivity (Wildman–Crippen MR) is 128 cm³/mol. The van der Waals surface area contributed by atoms with E-state index in [0.29, 0.717) is 18.4 Å². The molecule has 1 aliphatic heterocycles. The number of carboxylic acid groups (broad SMARTS) is 2. The summed E-state index contributed by atoms with van der Waals surface area (Å²) in [5.41, 5.74) is 6.23. The Bertz CT molecular complexity index is 965. The Kier molecular flexibility index (Phi) is 10.2. The van der Waals surface area contributed by atoms with Gasteiger partial charge in [0.15, 0.2) is 0 Å².